The summed E-state index contributed by atoms with van der Waals surface area (Å²) in [5.74, 6) is -0.179. The van der Waals surface area contributed by atoms with Gasteiger partial charge in [0.2, 0.25) is 15.9 Å². The Hall–Kier alpha value is -1.82. The number of amides is 1. The maximum absolute atomic E-state index is 13.6. The summed E-state index contributed by atoms with van der Waals surface area (Å²) < 4.78 is 66.2. The molecule has 2 aliphatic rings. The summed E-state index contributed by atoms with van der Waals surface area (Å²) >= 11 is 0. The minimum atomic E-state index is -4.40. The summed E-state index contributed by atoms with van der Waals surface area (Å²) in [5.41, 5.74) is 0.512. The number of alkyl halides is 3. The Balaban J connectivity index is 1.74. The van der Waals surface area contributed by atoms with Crippen molar-refractivity contribution < 1.29 is 26.4 Å². The lowest BCUT2D eigenvalue weighted by molar-refractivity contribution is -0.174. The average Bonchev–Trinajstić information content (AvgIpc) is 3.23. The minimum Gasteiger partial charge on any atom is -0.367 e. The third kappa shape index (κ3) is 5.03. The second-order valence-electron chi connectivity index (χ2n) is 8.11. The highest BCUT2D eigenvalue weighted by Crippen LogP contribution is 2.42. The fourth-order valence-corrected chi connectivity index (χ4v) is 4.18. The molecule has 1 saturated heterocycles. The number of halogens is 3. The van der Waals surface area contributed by atoms with Gasteiger partial charge in [0, 0.05) is 31.1 Å². The van der Waals surface area contributed by atoms with E-state index in [4.69, 9.17) is 0 Å². The van der Waals surface area contributed by atoms with E-state index in [9.17, 15) is 26.4 Å². The summed E-state index contributed by atoms with van der Waals surface area (Å²) in [6.07, 6.45) is -2.95. The van der Waals surface area contributed by atoms with Crippen LogP contribution in [0.3, 0.4) is 0 Å². The van der Waals surface area contributed by atoms with E-state index in [1.54, 1.807) is 6.07 Å². The number of sulfonamides is 1. The molecule has 1 fully saturated rings. The molecule has 1 aromatic heterocycles. The molecule has 1 amide bonds. The first-order valence-electron chi connectivity index (χ1n) is 9.50. The zero-order valence-electron chi connectivity index (χ0n) is 16.5. The smallest absolute Gasteiger partial charge is 0.367 e. The van der Waals surface area contributed by atoms with Crippen LogP contribution in [-0.4, -0.2) is 67.1 Å². The Labute approximate surface area is 167 Å². The number of nitrogens with zero attached hydrogens (tertiary/aromatic N) is 3. The molecule has 2 N–H and O–H groups in total. The molecule has 2 aliphatic heterocycles. The number of rotatable bonds is 5. The van der Waals surface area contributed by atoms with Crippen molar-refractivity contribution in [3.8, 4) is 0 Å². The largest absolute Gasteiger partial charge is 0.410 e. The highest BCUT2D eigenvalue weighted by molar-refractivity contribution is 7.88. The molecule has 0 unspecified atom stereocenters. The molecule has 8 nitrogen and oxygen atoms in total. The van der Waals surface area contributed by atoms with E-state index in [0.717, 1.165) is 10.9 Å². The van der Waals surface area contributed by atoms with Crippen LogP contribution in [0.1, 0.15) is 44.3 Å². The lowest BCUT2D eigenvalue weighted by Gasteiger charge is -2.35. The van der Waals surface area contributed by atoms with Gasteiger partial charge >= 0.3 is 6.18 Å². The second kappa shape index (κ2) is 7.78. The van der Waals surface area contributed by atoms with Crippen molar-refractivity contribution in [2.45, 2.75) is 50.9 Å². The molecule has 0 spiro atoms. The van der Waals surface area contributed by atoms with Crippen molar-refractivity contribution in [3.05, 3.63) is 11.8 Å². The van der Waals surface area contributed by atoms with E-state index in [0.29, 0.717) is 31.0 Å². The van der Waals surface area contributed by atoms with Crippen LogP contribution in [0, 0.1) is 5.92 Å². The van der Waals surface area contributed by atoms with Gasteiger partial charge in [-0.3, -0.25) is 4.79 Å². The lowest BCUT2D eigenvalue weighted by Crippen LogP contribution is -2.41. The van der Waals surface area contributed by atoms with Gasteiger partial charge in [-0.2, -0.15) is 18.3 Å². The molecular weight excluding hydrogens is 411 g/mol. The number of hydrogen-bond acceptors (Lipinski definition) is 5. The van der Waals surface area contributed by atoms with Crippen LogP contribution < -0.4 is 10.0 Å². The molecule has 0 aromatic carbocycles. The predicted octanol–water partition coefficient (Wildman–Crippen LogP) is 1.69. The van der Waals surface area contributed by atoms with Gasteiger partial charge in [-0.15, -0.1) is 0 Å². The van der Waals surface area contributed by atoms with E-state index >= 15 is 0 Å². The molecule has 3 heterocycles. The Bertz CT molecular complexity index is 868. The summed E-state index contributed by atoms with van der Waals surface area (Å²) in [5, 5.41) is 7.39. The summed E-state index contributed by atoms with van der Waals surface area (Å²) in [6.45, 7) is 4.12. The first-order valence-corrected chi connectivity index (χ1v) is 11.4. The van der Waals surface area contributed by atoms with Crippen molar-refractivity contribution in [1.82, 2.24) is 19.4 Å². The van der Waals surface area contributed by atoms with Crippen LogP contribution in [0.15, 0.2) is 6.07 Å². The van der Waals surface area contributed by atoms with Crippen molar-refractivity contribution in [1.29, 1.82) is 0 Å². The van der Waals surface area contributed by atoms with Crippen LogP contribution in [-0.2, 0) is 14.8 Å². The first-order chi connectivity index (χ1) is 13.3. The fraction of sp³-hybridized carbons (Fsp3) is 0.765. The van der Waals surface area contributed by atoms with Gasteiger partial charge in [0.05, 0.1) is 18.5 Å². The normalized spacial score (nSPS) is 25.2. The Morgan fingerprint density at radius 3 is 2.69 bits per heavy atom. The molecular formula is C17H26F3N5O3S. The third-order valence-electron chi connectivity index (χ3n) is 5.49. The van der Waals surface area contributed by atoms with Crippen LogP contribution in [0.5, 0.6) is 0 Å². The van der Waals surface area contributed by atoms with Gasteiger partial charge in [-0.25, -0.2) is 17.8 Å². The quantitative estimate of drug-likeness (QED) is 0.731. The Morgan fingerprint density at radius 2 is 2.10 bits per heavy atom. The molecule has 0 saturated carbocycles. The summed E-state index contributed by atoms with van der Waals surface area (Å²) in [4.78, 5) is 13.7. The van der Waals surface area contributed by atoms with Gasteiger partial charge in [-0.1, -0.05) is 13.8 Å². The van der Waals surface area contributed by atoms with Crippen molar-refractivity contribution in [2.75, 3.05) is 31.2 Å². The molecule has 12 heteroatoms. The monoisotopic (exact) mass is 437 g/mol. The standard InChI is InChI=1S/C17H26F3N5O3S/c1-10(2)12-6-14(17(18,19)20)25-15(22-12)7-13(23-25)11-4-5-24(9-11)16(26)8-21-29(3,27)28/h7,10-12,14,21-22H,4-6,8-9H2,1-3H3/t11-,12-,14+/m0/s1. The Morgan fingerprint density at radius 1 is 1.41 bits per heavy atom. The van der Waals surface area contributed by atoms with Gasteiger partial charge < -0.3 is 10.2 Å². The van der Waals surface area contributed by atoms with Crippen LogP contribution in [0.4, 0.5) is 19.0 Å². The number of anilines is 1. The number of likely N-dealkylation sites (tertiary alicyclic amines) is 1. The zero-order valence-corrected chi connectivity index (χ0v) is 17.3. The van der Waals surface area contributed by atoms with E-state index < -0.39 is 22.2 Å². The second-order valence-corrected chi connectivity index (χ2v) is 9.94. The molecule has 29 heavy (non-hydrogen) atoms. The number of aromatic nitrogens is 2. The topological polar surface area (TPSA) is 96.3 Å². The SMILES string of the molecule is CC(C)[C@@H]1C[C@H](C(F)(F)F)n2nc([C@H]3CCN(C(=O)CNS(C)(=O)=O)C3)cc2N1. The van der Waals surface area contributed by atoms with E-state index in [-0.39, 0.29) is 36.8 Å². The van der Waals surface area contributed by atoms with Gasteiger partial charge in [-0.05, 0) is 18.8 Å². The van der Waals surface area contributed by atoms with Crippen LogP contribution in [0.2, 0.25) is 0 Å². The van der Waals surface area contributed by atoms with Crippen LogP contribution >= 0.6 is 0 Å². The first kappa shape index (κ1) is 21.9. The summed E-state index contributed by atoms with van der Waals surface area (Å²) in [6, 6.07) is -0.346. The minimum absolute atomic E-state index is 0.0360. The van der Waals surface area contributed by atoms with Gasteiger partial charge in [0.25, 0.3) is 0 Å². The van der Waals surface area contributed by atoms with E-state index in [1.165, 1.54) is 4.90 Å². The average molecular weight is 437 g/mol. The zero-order chi connectivity index (χ0) is 21.6. The number of carbonyl (C=O) groups is 1. The molecule has 0 bridgehead atoms. The van der Waals surface area contributed by atoms with Crippen LogP contribution in [0.25, 0.3) is 0 Å². The third-order valence-corrected chi connectivity index (χ3v) is 6.16. The predicted molar refractivity (Wildman–Crippen MR) is 101 cm³/mol. The highest BCUT2D eigenvalue weighted by atomic mass is 32.2. The lowest BCUT2D eigenvalue weighted by atomic mass is 9.94. The fourth-order valence-electron chi connectivity index (χ4n) is 3.79. The van der Waals surface area contributed by atoms with Crippen molar-refractivity contribution >= 4 is 21.7 Å². The number of nitrogens with one attached hydrogen (secondary N) is 2. The molecule has 3 rings (SSSR count). The van der Waals surface area contributed by atoms with E-state index in [1.807, 2.05) is 13.8 Å². The van der Waals surface area contributed by atoms with E-state index in [2.05, 4.69) is 15.1 Å². The molecule has 0 aliphatic carbocycles. The highest BCUT2D eigenvalue weighted by Gasteiger charge is 2.47. The van der Waals surface area contributed by atoms with Gasteiger partial charge in [0.15, 0.2) is 6.04 Å². The molecule has 164 valence electrons. The Kier molecular flexibility index (Phi) is 5.87. The van der Waals surface area contributed by atoms with Crippen molar-refractivity contribution in [2.24, 2.45) is 5.92 Å². The number of hydrogen-bond donors (Lipinski definition) is 2. The molecule has 3 atom stereocenters. The summed E-state index contributed by atoms with van der Waals surface area (Å²) in [7, 11) is -3.48. The van der Waals surface area contributed by atoms with Gasteiger partial charge in [0.1, 0.15) is 5.82 Å². The molecule has 0 radical (unpaired) electrons. The maximum atomic E-state index is 13.6. The molecule has 1 aromatic rings. The number of carbonyl (C=O) groups excluding carboxylic acids is 1. The maximum Gasteiger partial charge on any atom is 0.410 e. The van der Waals surface area contributed by atoms with Crippen molar-refractivity contribution in [3.63, 3.8) is 0 Å². The number of fused-ring (bicyclic) bond motifs is 1.